The van der Waals surface area contributed by atoms with Crippen LogP contribution in [0, 0.1) is 29.4 Å². The van der Waals surface area contributed by atoms with Gasteiger partial charge in [-0.05, 0) is 49.7 Å². The Balaban J connectivity index is 1.77. The van der Waals surface area contributed by atoms with Crippen molar-refractivity contribution in [2.75, 3.05) is 5.32 Å². The van der Waals surface area contributed by atoms with Crippen molar-refractivity contribution < 1.29 is 8.78 Å². The lowest BCUT2D eigenvalue weighted by molar-refractivity contribution is 0.397. The second kappa shape index (κ2) is 4.89. The third kappa shape index (κ3) is 2.42. The van der Waals surface area contributed by atoms with Crippen LogP contribution in [0.25, 0.3) is 0 Å². The standard InChI is InChI=1S/C15H16BrF2N/c1-8(12-5-9-2-3-10(12)4-9)19-15-13(17)6-11(16)7-14(15)18/h2-3,6-10,12,19H,4-5H2,1H3. The minimum absolute atomic E-state index is 0.0116. The predicted molar refractivity (Wildman–Crippen MR) is 76.0 cm³/mol. The number of hydrogen-bond acceptors (Lipinski definition) is 1. The van der Waals surface area contributed by atoms with E-state index in [1.165, 1.54) is 18.6 Å². The Morgan fingerprint density at radius 2 is 1.89 bits per heavy atom. The van der Waals surface area contributed by atoms with Crippen molar-refractivity contribution in [1.82, 2.24) is 0 Å². The van der Waals surface area contributed by atoms with Gasteiger partial charge in [-0.3, -0.25) is 0 Å². The normalized spacial score (nSPS) is 29.8. The van der Waals surface area contributed by atoms with Gasteiger partial charge in [0, 0.05) is 10.5 Å². The molecule has 0 aromatic heterocycles. The quantitative estimate of drug-likeness (QED) is 0.790. The molecule has 0 saturated heterocycles. The van der Waals surface area contributed by atoms with E-state index in [0.29, 0.717) is 22.2 Å². The molecule has 0 aliphatic heterocycles. The summed E-state index contributed by atoms with van der Waals surface area (Å²) in [6.07, 6.45) is 6.84. The zero-order valence-electron chi connectivity index (χ0n) is 10.7. The summed E-state index contributed by atoms with van der Waals surface area (Å²) in [5.74, 6) is 0.611. The van der Waals surface area contributed by atoms with Crippen LogP contribution in [0.5, 0.6) is 0 Å². The number of benzene rings is 1. The third-order valence-electron chi connectivity index (χ3n) is 4.35. The number of fused-ring (bicyclic) bond motifs is 2. The number of halogens is 3. The highest BCUT2D eigenvalue weighted by molar-refractivity contribution is 9.10. The maximum Gasteiger partial charge on any atom is 0.150 e. The second-order valence-corrected chi connectivity index (χ2v) is 6.54. The minimum atomic E-state index is -0.544. The molecular formula is C15H16BrF2N. The van der Waals surface area contributed by atoms with Gasteiger partial charge in [0.05, 0.1) is 0 Å². The van der Waals surface area contributed by atoms with E-state index in [0.717, 1.165) is 6.42 Å². The molecule has 1 aromatic rings. The van der Waals surface area contributed by atoms with Gasteiger partial charge < -0.3 is 5.32 Å². The van der Waals surface area contributed by atoms with Crippen LogP contribution in [0.2, 0.25) is 0 Å². The van der Waals surface area contributed by atoms with Crippen LogP contribution in [-0.2, 0) is 0 Å². The Morgan fingerprint density at radius 1 is 1.21 bits per heavy atom. The van der Waals surface area contributed by atoms with Crippen LogP contribution in [0.1, 0.15) is 19.8 Å². The second-order valence-electron chi connectivity index (χ2n) is 5.62. The maximum absolute atomic E-state index is 13.8. The van der Waals surface area contributed by atoms with E-state index in [9.17, 15) is 8.78 Å². The van der Waals surface area contributed by atoms with E-state index in [1.807, 2.05) is 6.92 Å². The first-order chi connectivity index (χ1) is 9.04. The molecule has 1 saturated carbocycles. The molecule has 4 unspecified atom stereocenters. The summed E-state index contributed by atoms with van der Waals surface area (Å²) >= 11 is 3.09. The van der Waals surface area contributed by atoms with E-state index in [-0.39, 0.29) is 11.7 Å². The number of anilines is 1. The first kappa shape index (κ1) is 13.1. The average molecular weight is 328 g/mol. The molecule has 3 rings (SSSR count). The summed E-state index contributed by atoms with van der Waals surface area (Å²) in [6, 6.07) is 2.66. The van der Waals surface area contributed by atoms with Crippen LogP contribution in [-0.4, -0.2) is 6.04 Å². The Hall–Kier alpha value is -0.900. The van der Waals surface area contributed by atoms with Crippen molar-refractivity contribution in [3.63, 3.8) is 0 Å². The highest BCUT2D eigenvalue weighted by Gasteiger charge is 2.38. The lowest BCUT2D eigenvalue weighted by atomic mass is 9.87. The van der Waals surface area contributed by atoms with E-state index in [4.69, 9.17) is 0 Å². The largest absolute Gasteiger partial charge is 0.378 e. The van der Waals surface area contributed by atoms with Gasteiger partial charge in [-0.1, -0.05) is 28.1 Å². The minimum Gasteiger partial charge on any atom is -0.378 e. The molecule has 1 nitrogen and oxygen atoms in total. The van der Waals surface area contributed by atoms with Gasteiger partial charge >= 0.3 is 0 Å². The van der Waals surface area contributed by atoms with Crippen molar-refractivity contribution in [3.8, 4) is 0 Å². The summed E-state index contributed by atoms with van der Waals surface area (Å²) in [4.78, 5) is 0. The molecule has 0 spiro atoms. The van der Waals surface area contributed by atoms with E-state index < -0.39 is 11.6 Å². The molecule has 2 aliphatic carbocycles. The number of hydrogen-bond donors (Lipinski definition) is 1. The van der Waals surface area contributed by atoms with Gasteiger partial charge in [0.1, 0.15) is 17.3 Å². The highest BCUT2D eigenvalue weighted by Crippen LogP contribution is 2.45. The van der Waals surface area contributed by atoms with Gasteiger partial charge in [0.15, 0.2) is 0 Å². The molecule has 1 aromatic carbocycles. The van der Waals surface area contributed by atoms with Gasteiger partial charge in [-0.25, -0.2) is 8.78 Å². The van der Waals surface area contributed by atoms with Crippen molar-refractivity contribution in [1.29, 1.82) is 0 Å². The van der Waals surface area contributed by atoms with E-state index >= 15 is 0 Å². The van der Waals surface area contributed by atoms with Crippen molar-refractivity contribution in [3.05, 3.63) is 40.4 Å². The molecular weight excluding hydrogens is 312 g/mol. The zero-order valence-corrected chi connectivity index (χ0v) is 12.3. The lowest BCUT2D eigenvalue weighted by Crippen LogP contribution is -2.29. The smallest absolute Gasteiger partial charge is 0.150 e. The molecule has 0 heterocycles. The zero-order chi connectivity index (χ0) is 13.6. The fraction of sp³-hybridized carbons (Fsp3) is 0.467. The van der Waals surface area contributed by atoms with Gasteiger partial charge in [0.25, 0.3) is 0 Å². The van der Waals surface area contributed by atoms with Crippen molar-refractivity contribution in [2.45, 2.75) is 25.8 Å². The van der Waals surface area contributed by atoms with Crippen LogP contribution in [0.3, 0.4) is 0 Å². The molecule has 2 aliphatic rings. The molecule has 19 heavy (non-hydrogen) atoms. The van der Waals surface area contributed by atoms with Crippen LogP contribution in [0.15, 0.2) is 28.8 Å². The topological polar surface area (TPSA) is 12.0 Å². The molecule has 1 fully saturated rings. The van der Waals surface area contributed by atoms with Crippen LogP contribution in [0.4, 0.5) is 14.5 Å². The molecule has 0 amide bonds. The maximum atomic E-state index is 13.8. The van der Waals surface area contributed by atoms with Crippen LogP contribution < -0.4 is 5.32 Å². The summed E-state index contributed by atoms with van der Waals surface area (Å²) < 4.78 is 28.0. The Labute approximate surface area is 120 Å². The predicted octanol–water partition coefficient (Wildman–Crippen LogP) is 4.74. The summed E-state index contributed by atoms with van der Waals surface area (Å²) in [7, 11) is 0. The highest BCUT2D eigenvalue weighted by atomic mass is 79.9. The molecule has 4 atom stereocenters. The van der Waals surface area contributed by atoms with E-state index in [2.05, 4.69) is 33.4 Å². The number of rotatable bonds is 3. The lowest BCUT2D eigenvalue weighted by Gasteiger charge is -2.27. The number of allylic oxidation sites excluding steroid dienone is 2. The van der Waals surface area contributed by atoms with Crippen LogP contribution >= 0.6 is 15.9 Å². The Morgan fingerprint density at radius 3 is 2.42 bits per heavy atom. The number of nitrogens with one attached hydrogen (secondary N) is 1. The fourth-order valence-corrected chi connectivity index (χ4v) is 3.81. The monoisotopic (exact) mass is 327 g/mol. The van der Waals surface area contributed by atoms with Gasteiger partial charge in [-0.2, -0.15) is 0 Å². The Kier molecular flexibility index (Phi) is 3.37. The molecule has 1 N–H and O–H groups in total. The molecule has 2 bridgehead atoms. The fourth-order valence-electron chi connectivity index (χ4n) is 3.41. The third-order valence-corrected chi connectivity index (χ3v) is 4.81. The molecule has 0 radical (unpaired) electrons. The first-order valence-corrected chi connectivity index (χ1v) is 7.43. The summed E-state index contributed by atoms with van der Waals surface area (Å²) in [5, 5.41) is 3.03. The summed E-state index contributed by atoms with van der Waals surface area (Å²) in [5.41, 5.74) is -0.0116. The molecule has 102 valence electrons. The van der Waals surface area contributed by atoms with Crippen molar-refractivity contribution >= 4 is 21.6 Å². The average Bonchev–Trinajstić information content (AvgIpc) is 2.95. The van der Waals surface area contributed by atoms with Crippen molar-refractivity contribution in [2.24, 2.45) is 17.8 Å². The van der Waals surface area contributed by atoms with Gasteiger partial charge in [0.2, 0.25) is 0 Å². The first-order valence-electron chi connectivity index (χ1n) is 6.64. The SMILES string of the molecule is CC(Nc1c(F)cc(Br)cc1F)C1CC2C=CC1C2. The van der Waals surface area contributed by atoms with Gasteiger partial charge in [-0.15, -0.1) is 0 Å². The molecule has 4 heteroatoms. The Bertz CT molecular complexity index is 506. The summed E-state index contributed by atoms with van der Waals surface area (Å²) in [6.45, 7) is 2.01. The van der Waals surface area contributed by atoms with E-state index in [1.54, 1.807) is 0 Å².